The van der Waals surface area contributed by atoms with E-state index in [0.717, 1.165) is 50.4 Å². The molecule has 2 fully saturated rings. The monoisotopic (exact) mass is 496 g/mol. The fourth-order valence-electron chi connectivity index (χ4n) is 6.25. The van der Waals surface area contributed by atoms with Gasteiger partial charge in [0.2, 0.25) is 11.9 Å². The normalized spacial score (nSPS) is 21.0. The van der Waals surface area contributed by atoms with Crippen LogP contribution in [0.2, 0.25) is 0 Å². The van der Waals surface area contributed by atoms with E-state index in [1.54, 1.807) is 6.07 Å². The molecule has 0 radical (unpaired) electrons. The van der Waals surface area contributed by atoms with E-state index >= 15 is 4.39 Å². The number of halogens is 1. The fraction of sp³-hybridized carbons (Fsp3) is 0.577. The molecule has 1 amide bonds. The Morgan fingerprint density at radius 3 is 2.64 bits per heavy atom. The highest BCUT2D eigenvalue weighted by Crippen LogP contribution is 2.47. The molecule has 6 rings (SSSR count). The largest absolute Gasteiger partial charge is 0.492 e. The minimum absolute atomic E-state index is 0.103. The lowest BCUT2D eigenvalue weighted by Crippen LogP contribution is -2.48. The number of fused-ring (bicyclic) bond motifs is 3. The van der Waals surface area contributed by atoms with Crippen LogP contribution >= 0.6 is 0 Å². The number of hydrogen-bond acceptors (Lipinski definition) is 7. The summed E-state index contributed by atoms with van der Waals surface area (Å²) < 4.78 is 21.3. The molecule has 2 saturated heterocycles. The molecule has 0 saturated carbocycles. The van der Waals surface area contributed by atoms with Crippen molar-refractivity contribution in [1.29, 1.82) is 0 Å². The van der Waals surface area contributed by atoms with Crippen LogP contribution in [0.1, 0.15) is 43.2 Å². The number of ether oxygens (including phenoxy) is 1. The van der Waals surface area contributed by atoms with Crippen molar-refractivity contribution in [1.82, 2.24) is 14.9 Å². The van der Waals surface area contributed by atoms with Crippen LogP contribution < -0.4 is 25.4 Å². The molecule has 1 aromatic carbocycles. The minimum Gasteiger partial charge on any atom is -0.492 e. The first-order chi connectivity index (χ1) is 17.4. The lowest BCUT2D eigenvalue weighted by molar-refractivity contribution is -0.121. The maximum atomic E-state index is 15.4. The first-order valence-corrected chi connectivity index (χ1v) is 13.0. The molecule has 2 N–H and O–H groups in total. The Morgan fingerprint density at radius 1 is 1.08 bits per heavy atom. The van der Waals surface area contributed by atoms with Crippen molar-refractivity contribution < 1.29 is 13.9 Å². The van der Waals surface area contributed by atoms with Crippen LogP contribution in [-0.2, 0) is 16.6 Å². The van der Waals surface area contributed by atoms with Gasteiger partial charge in [-0.05, 0) is 51.6 Å². The van der Waals surface area contributed by atoms with Crippen LogP contribution in [0.3, 0.4) is 0 Å². The number of amides is 1. The lowest BCUT2D eigenvalue weighted by atomic mass is 9.73. The molecule has 4 aliphatic heterocycles. The minimum atomic E-state index is -0.921. The number of likely N-dealkylation sites (tertiary alicyclic amines) is 1. The van der Waals surface area contributed by atoms with Gasteiger partial charge < -0.3 is 19.9 Å². The zero-order valence-electron chi connectivity index (χ0n) is 20.7. The summed E-state index contributed by atoms with van der Waals surface area (Å²) in [5, 5.41) is 2.91. The topological polar surface area (TPSA) is 93.8 Å². The Labute approximate surface area is 209 Å². The quantitative estimate of drug-likeness (QED) is 0.656. The third kappa shape index (κ3) is 3.91. The fourth-order valence-corrected chi connectivity index (χ4v) is 6.25. The lowest BCUT2D eigenvalue weighted by Gasteiger charge is -2.38. The summed E-state index contributed by atoms with van der Waals surface area (Å²) in [5.41, 5.74) is 0.645. The van der Waals surface area contributed by atoms with E-state index in [1.165, 1.54) is 18.9 Å². The van der Waals surface area contributed by atoms with Crippen molar-refractivity contribution in [3.63, 3.8) is 0 Å². The van der Waals surface area contributed by atoms with Crippen molar-refractivity contribution in [2.75, 3.05) is 68.0 Å². The van der Waals surface area contributed by atoms with Gasteiger partial charge in [-0.3, -0.25) is 19.5 Å². The van der Waals surface area contributed by atoms with E-state index in [4.69, 9.17) is 9.72 Å². The van der Waals surface area contributed by atoms with Crippen LogP contribution in [-0.4, -0.2) is 73.7 Å². The number of benzene rings is 1. The van der Waals surface area contributed by atoms with Gasteiger partial charge in [0.1, 0.15) is 24.0 Å². The molecule has 1 spiro atoms. The van der Waals surface area contributed by atoms with Crippen molar-refractivity contribution >= 4 is 23.4 Å². The Kier molecular flexibility index (Phi) is 5.86. The Bertz CT molecular complexity index is 1230. The predicted molar refractivity (Wildman–Crippen MR) is 136 cm³/mol. The van der Waals surface area contributed by atoms with Gasteiger partial charge in [0.25, 0.3) is 5.56 Å². The summed E-state index contributed by atoms with van der Waals surface area (Å²) in [7, 11) is 1.95. The van der Waals surface area contributed by atoms with Gasteiger partial charge in [0.15, 0.2) is 0 Å². The summed E-state index contributed by atoms with van der Waals surface area (Å²) in [4.78, 5) is 39.9. The van der Waals surface area contributed by atoms with Gasteiger partial charge in [0, 0.05) is 50.9 Å². The predicted octanol–water partition coefficient (Wildman–Crippen LogP) is 2.26. The van der Waals surface area contributed by atoms with Gasteiger partial charge in [-0.1, -0.05) is 0 Å². The summed E-state index contributed by atoms with van der Waals surface area (Å²) >= 11 is 0. The summed E-state index contributed by atoms with van der Waals surface area (Å²) in [5.74, 6) is 1.12. The van der Waals surface area contributed by atoms with Crippen LogP contribution in [0.5, 0.6) is 5.75 Å². The van der Waals surface area contributed by atoms with Crippen molar-refractivity contribution in [2.45, 2.75) is 43.9 Å². The highest BCUT2D eigenvalue weighted by molar-refractivity contribution is 6.06. The van der Waals surface area contributed by atoms with Crippen molar-refractivity contribution in [3.05, 3.63) is 39.4 Å². The molecule has 192 valence electrons. The van der Waals surface area contributed by atoms with Gasteiger partial charge in [-0.25, -0.2) is 4.39 Å². The smallest absolute Gasteiger partial charge is 0.257 e. The van der Waals surface area contributed by atoms with Crippen LogP contribution in [0.15, 0.2) is 16.9 Å². The third-order valence-corrected chi connectivity index (χ3v) is 8.28. The zero-order valence-corrected chi connectivity index (χ0v) is 20.7. The number of aromatic amines is 1. The van der Waals surface area contributed by atoms with E-state index < -0.39 is 11.2 Å². The van der Waals surface area contributed by atoms with Gasteiger partial charge >= 0.3 is 0 Å². The Morgan fingerprint density at radius 2 is 1.86 bits per heavy atom. The molecule has 4 aliphatic rings. The maximum Gasteiger partial charge on any atom is 0.257 e. The van der Waals surface area contributed by atoms with Crippen LogP contribution in [0.25, 0.3) is 0 Å². The molecular weight excluding hydrogens is 463 g/mol. The van der Waals surface area contributed by atoms with E-state index in [0.29, 0.717) is 55.5 Å². The van der Waals surface area contributed by atoms with Crippen LogP contribution in [0.4, 0.5) is 21.8 Å². The molecule has 10 heteroatoms. The van der Waals surface area contributed by atoms with Crippen molar-refractivity contribution in [3.8, 4) is 5.75 Å². The molecule has 0 bridgehead atoms. The second kappa shape index (κ2) is 9.06. The molecule has 2 aromatic rings. The first kappa shape index (κ1) is 23.3. The average Bonchev–Trinajstić information content (AvgIpc) is 3.47. The molecule has 1 aromatic heterocycles. The highest BCUT2D eigenvalue weighted by Gasteiger charge is 2.50. The average molecular weight is 497 g/mol. The number of anilines is 3. The van der Waals surface area contributed by atoms with Gasteiger partial charge in [-0.15, -0.1) is 0 Å². The number of carbonyl (C=O) groups excluding carboxylic acids is 1. The zero-order chi connectivity index (χ0) is 24.9. The number of H-pyrrole nitrogens is 1. The second-order valence-corrected chi connectivity index (χ2v) is 10.5. The Balaban J connectivity index is 1.18. The summed E-state index contributed by atoms with van der Waals surface area (Å²) in [6.45, 7) is 5.34. The molecule has 0 aliphatic carbocycles. The second-order valence-electron chi connectivity index (χ2n) is 10.5. The van der Waals surface area contributed by atoms with E-state index in [-0.39, 0.29) is 11.5 Å². The Hall–Kier alpha value is -3.14. The molecule has 5 heterocycles. The number of hydrogen-bond donors (Lipinski definition) is 2. The standard InChI is InChI=1S/C26H33FN6O3/c1-31-8-4-5-18-22(31)29-25(30-23(18)34)33-11-6-26(7-12-33)21-19(27)15-17(16-20(21)28-24(26)35)36-14-13-32-9-2-3-10-32/h15-16H,2-14H2,1H3,(H,28,35)(H,29,30,34). The molecule has 0 unspecified atom stereocenters. The molecular formula is C26H33FN6O3. The van der Waals surface area contributed by atoms with Gasteiger partial charge in [0.05, 0.1) is 16.7 Å². The number of carbonyl (C=O) groups is 1. The van der Waals surface area contributed by atoms with E-state index in [2.05, 4.69) is 15.2 Å². The number of rotatable bonds is 5. The van der Waals surface area contributed by atoms with Gasteiger partial charge in [-0.2, -0.15) is 4.98 Å². The van der Waals surface area contributed by atoms with Crippen molar-refractivity contribution in [2.24, 2.45) is 0 Å². The summed E-state index contributed by atoms with van der Waals surface area (Å²) in [6.07, 6.45) is 4.98. The van der Waals surface area contributed by atoms with Crippen LogP contribution in [0, 0.1) is 5.82 Å². The number of aromatic nitrogens is 2. The first-order valence-electron chi connectivity index (χ1n) is 13.0. The van der Waals surface area contributed by atoms with E-state index in [1.807, 2.05) is 16.8 Å². The molecule has 36 heavy (non-hydrogen) atoms. The SMILES string of the molecule is CN1CCCc2c1nc(N1CCC3(CC1)C(=O)Nc1cc(OCCN4CCCC4)cc(F)c13)[nH]c2=O. The number of nitrogens with one attached hydrogen (secondary N) is 2. The van der Waals surface area contributed by atoms with E-state index in [9.17, 15) is 9.59 Å². The molecule has 9 nitrogen and oxygen atoms in total. The third-order valence-electron chi connectivity index (χ3n) is 8.28. The summed E-state index contributed by atoms with van der Waals surface area (Å²) in [6, 6.07) is 3.16. The number of nitrogens with zero attached hydrogens (tertiary/aromatic N) is 4. The molecule has 0 atom stereocenters. The highest BCUT2D eigenvalue weighted by atomic mass is 19.1. The number of piperidine rings is 1. The maximum absolute atomic E-state index is 15.4.